The lowest BCUT2D eigenvalue weighted by atomic mass is 9.95. The van der Waals surface area contributed by atoms with Gasteiger partial charge in [0.2, 0.25) is 11.8 Å². The topological polar surface area (TPSA) is 49.4 Å². The Labute approximate surface area is 149 Å². The second-order valence-corrected chi connectivity index (χ2v) is 7.14. The van der Waals surface area contributed by atoms with Gasteiger partial charge < -0.3 is 10.2 Å². The van der Waals surface area contributed by atoms with E-state index in [4.69, 9.17) is 11.6 Å². The monoisotopic (exact) mass is 350 g/mol. The Morgan fingerprint density at radius 2 is 1.88 bits per heavy atom. The second kappa shape index (κ2) is 8.52. The molecule has 2 amide bonds. The normalized spacial score (nSPS) is 15.2. The molecule has 24 heavy (non-hydrogen) atoms. The van der Waals surface area contributed by atoms with Crippen LogP contribution in [0, 0.1) is 13.8 Å². The summed E-state index contributed by atoms with van der Waals surface area (Å²) < 4.78 is 0. The number of carbonyl (C=O) groups is 2. The molecule has 0 atom stereocenters. The Bertz CT molecular complexity index is 586. The molecule has 2 rings (SSSR count). The van der Waals surface area contributed by atoms with Gasteiger partial charge in [-0.25, -0.2) is 0 Å². The lowest BCUT2D eigenvalue weighted by Gasteiger charge is -2.26. The summed E-state index contributed by atoms with van der Waals surface area (Å²) in [6.45, 7) is 5.76. The molecule has 1 saturated carbocycles. The fourth-order valence-corrected chi connectivity index (χ4v) is 3.86. The quantitative estimate of drug-likeness (QED) is 0.867. The third-order valence-corrected chi connectivity index (χ3v) is 4.87. The van der Waals surface area contributed by atoms with Crippen LogP contribution >= 0.6 is 11.6 Å². The Balaban J connectivity index is 2.01. The summed E-state index contributed by atoms with van der Waals surface area (Å²) in [4.78, 5) is 25.9. The van der Waals surface area contributed by atoms with Crippen molar-refractivity contribution in [1.82, 2.24) is 5.32 Å². The average Bonchev–Trinajstić information content (AvgIpc) is 2.50. The van der Waals surface area contributed by atoms with Gasteiger partial charge in [-0.05, 0) is 43.9 Å². The van der Waals surface area contributed by atoms with Crippen molar-refractivity contribution in [3.8, 4) is 0 Å². The highest BCUT2D eigenvalue weighted by Crippen LogP contribution is 2.31. The number of nitrogens with zero attached hydrogens (tertiary/aromatic N) is 1. The van der Waals surface area contributed by atoms with Gasteiger partial charge in [-0.1, -0.05) is 36.9 Å². The maximum absolute atomic E-state index is 12.2. The van der Waals surface area contributed by atoms with Crippen molar-refractivity contribution >= 4 is 29.1 Å². The van der Waals surface area contributed by atoms with E-state index in [-0.39, 0.29) is 11.8 Å². The highest BCUT2D eigenvalue weighted by atomic mass is 35.5. The number of carbonyl (C=O) groups excluding carboxylic acids is 2. The first-order chi connectivity index (χ1) is 11.4. The van der Waals surface area contributed by atoms with Gasteiger partial charge in [-0.2, -0.15) is 0 Å². The SMILES string of the molecule is CC(=O)N(CCC(=O)NC1CCCCC1)c1c(C)cc(C)cc1Cl. The lowest BCUT2D eigenvalue weighted by Crippen LogP contribution is -2.39. The zero-order chi connectivity index (χ0) is 17.7. The smallest absolute Gasteiger partial charge is 0.223 e. The van der Waals surface area contributed by atoms with Gasteiger partial charge in [0.25, 0.3) is 0 Å². The molecule has 1 aliphatic rings. The molecule has 0 aliphatic heterocycles. The predicted octanol–water partition coefficient (Wildman–Crippen LogP) is 4.15. The molecule has 132 valence electrons. The third kappa shape index (κ3) is 4.97. The van der Waals surface area contributed by atoms with Crippen molar-refractivity contribution in [2.75, 3.05) is 11.4 Å². The summed E-state index contributed by atoms with van der Waals surface area (Å²) in [6, 6.07) is 4.14. The first-order valence-corrected chi connectivity index (χ1v) is 9.10. The van der Waals surface area contributed by atoms with E-state index < -0.39 is 0 Å². The van der Waals surface area contributed by atoms with Crippen LogP contribution in [0.5, 0.6) is 0 Å². The molecule has 0 aromatic heterocycles. The summed E-state index contributed by atoms with van der Waals surface area (Å²) in [5.41, 5.74) is 2.71. The van der Waals surface area contributed by atoms with E-state index in [2.05, 4.69) is 5.32 Å². The fraction of sp³-hybridized carbons (Fsp3) is 0.579. The van der Waals surface area contributed by atoms with Crippen LogP contribution in [-0.4, -0.2) is 24.4 Å². The number of hydrogen-bond acceptors (Lipinski definition) is 2. The summed E-state index contributed by atoms with van der Waals surface area (Å²) >= 11 is 6.35. The number of anilines is 1. The number of rotatable bonds is 5. The molecule has 5 heteroatoms. The van der Waals surface area contributed by atoms with Crippen molar-refractivity contribution < 1.29 is 9.59 Å². The molecule has 1 aliphatic carbocycles. The van der Waals surface area contributed by atoms with Crippen LogP contribution < -0.4 is 10.2 Å². The van der Waals surface area contributed by atoms with Crippen molar-refractivity contribution in [2.24, 2.45) is 0 Å². The number of benzene rings is 1. The predicted molar refractivity (Wildman–Crippen MR) is 98.6 cm³/mol. The molecule has 0 saturated heterocycles. The molecule has 1 fully saturated rings. The Kier molecular flexibility index (Phi) is 6.67. The molecular formula is C19H27ClN2O2. The second-order valence-electron chi connectivity index (χ2n) is 6.74. The van der Waals surface area contributed by atoms with E-state index >= 15 is 0 Å². The van der Waals surface area contributed by atoms with E-state index in [9.17, 15) is 9.59 Å². The first kappa shape index (κ1) is 18.8. The van der Waals surface area contributed by atoms with Crippen molar-refractivity contribution in [2.45, 2.75) is 65.3 Å². The van der Waals surface area contributed by atoms with Gasteiger partial charge in [0.05, 0.1) is 10.7 Å². The van der Waals surface area contributed by atoms with E-state index in [0.717, 1.165) is 24.0 Å². The average molecular weight is 351 g/mol. The molecule has 0 bridgehead atoms. The number of amides is 2. The minimum absolute atomic E-state index is 0.00837. The van der Waals surface area contributed by atoms with Crippen LogP contribution in [0.25, 0.3) is 0 Å². The zero-order valence-corrected chi connectivity index (χ0v) is 15.6. The number of nitrogens with one attached hydrogen (secondary N) is 1. The standard InChI is InChI=1S/C19H27ClN2O2/c1-13-11-14(2)19(17(20)12-13)22(15(3)23)10-9-18(24)21-16-7-5-4-6-8-16/h11-12,16H,4-10H2,1-3H3,(H,21,24). The number of halogens is 1. The molecule has 1 aromatic carbocycles. The molecule has 1 aromatic rings. The van der Waals surface area contributed by atoms with Gasteiger partial charge >= 0.3 is 0 Å². The summed E-state index contributed by atoms with van der Waals surface area (Å²) in [6.07, 6.45) is 6.04. The van der Waals surface area contributed by atoms with Crippen molar-refractivity contribution in [3.05, 3.63) is 28.3 Å². The summed E-state index contributed by atoms with van der Waals surface area (Å²) in [5.74, 6) is -0.0941. The molecule has 0 spiro atoms. The Morgan fingerprint density at radius 1 is 1.21 bits per heavy atom. The highest BCUT2D eigenvalue weighted by Gasteiger charge is 2.20. The van der Waals surface area contributed by atoms with Gasteiger partial charge in [0.15, 0.2) is 0 Å². The van der Waals surface area contributed by atoms with Gasteiger partial charge in [0, 0.05) is 25.9 Å². The zero-order valence-electron chi connectivity index (χ0n) is 14.8. The van der Waals surface area contributed by atoms with E-state index in [1.807, 2.05) is 26.0 Å². The van der Waals surface area contributed by atoms with E-state index in [1.165, 1.54) is 26.2 Å². The minimum atomic E-state index is -0.102. The van der Waals surface area contributed by atoms with Crippen LogP contribution in [-0.2, 0) is 9.59 Å². The van der Waals surface area contributed by atoms with E-state index in [1.54, 1.807) is 4.90 Å². The Hall–Kier alpha value is -1.55. The fourth-order valence-electron chi connectivity index (χ4n) is 3.44. The summed E-state index contributed by atoms with van der Waals surface area (Å²) in [7, 11) is 0. The minimum Gasteiger partial charge on any atom is -0.353 e. The largest absolute Gasteiger partial charge is 0.353 e. The number of hydrogen-bond donors (Lipinski definition) is 1. The molecule has 0 radical (unpaired) electrons. The molecular weight excluding hydrogens is 324 g/mol. The summed E-state index contributed by atoms with van der Waals surface area (Å²) in [5, 5.41) is 3.64. The highest BCUT2D eigenvalue weighted by molar-refractivity contribution is 6.34. The maximum atomic E-state index is 12.2. The van der Waals surface area contributed by atoms with Gasteiger partial charge in [-0.15, -0.1) is 0 Å². The van der Waals surface area contributed by atoms with Crippen molar-refractivity contribution in [3.63, 3.8) is 0 Å². The molecule has 0 unspecified atom stereocenters. The lowest BCUT2D eigenvalue weighted by molar-refractivity contribution is -0.121. The van der Waals surface area contributed by atoms with Crippen LogP contribution in [0.3, 0.4) is 0 Å². The molecule has 0 heterocycles. The number of aryl methyl sites for hydroxylation is 2. The van der Waals surface area contributed by atoms with Crippen LogP contribution in [0.15, 0.2) is 12.1 Å². The van der Waals surface area contributed by atoms with Gasteiger partial charge in [-0.3, -0.25) is 9.59 Å². The Morgan fingerprint density at radius 3 is 2.46 bits per heavy atom. The molecule has 4 nitrogen and oxygen atoms in total. The van der Waals surface area contributed by atoms with Crippen LogP contribution in [0.1, 0.15) is 56.6 Å². The van der Waals surface area contributed by atoms with E-state index in [0.29, 0.717) is 29.7 Å². The first-order valence-electron chi connectivity index (χ1n) is 8.72. The van der Waals surface area contributed by atoms with Gasteiger partial charge in [0.1, 0.15) is 0 Å². The molecule has 1 N–H and O–H groups in total. The maximum Gasteiger partial charge on any atom is 0.223 e. The van der Waals surface area contributed by atoms with Crippen LogP contribution in [0.4, 0.5) is 5.69 Å². The van der Waals surface area contributed by atoms with Crippen LogP contribution in [0.2, 0.25) is 5.02 Å². The van der Waals surface area contributed by atoms with Crippen molar-refractivity contribution in [1.29, 1.82) is 0 Å². The third-order valence-electron chi connectivity index (χ3n) is 4.58.